The minimum atomic E-state index is -1.13. The van der Waals surface area contributed by atoms with E-state index in [4.69, 9.17) is 15.2 Å². The normalized spacial score (nSPS) is 26.3. The molecule has 1 saturated heterocycles. The quantitative estimate of drug-likeness (QED) is 0.670. The number of benzene rings is 1. The smallest absolute Gasteiger partial charge is 0.340 e. The van der Waals surface area contributed by atoms with Crippen LogP contribution in [0.15, 0.2) is 12.1 Å². The van der Waals surface area contributed by atoms with Gasteiger partial charge in [-0.3, -0.25) is 0 Å². The molecule has 2 rings (SSSR count). The maximum atomic E-state index is 13.2. The van der Waals surface area contributed by atoms with Crippen molar-refractivity contribution < 1.29 is 23.0 Å². The summed E-state index contributed by atoms with van der Waals surface area (Å²) in [7, 11) is 0. The van der Waals surface area contributed by atoms with Crippen molar-refractivity contribution >= 4 is 11.7 Å². The van der Waals surface area contributed by atoms with Gasteiger partial charge in [-0.05, 0) is 19.9 Å². The summed E-state index contributed by atoms with van der Waals surface area (Å²) in [6, 6.07) is 1.54. The zero-order chi connectivity index (χ0) is 14.9. The zero-order valence-corrected chi connectivity index (χ0v) is 11.4. The number of halogens is 2. The van der Waals surface area contributed by atoms with Crippen LogP contribution in [0.2, 0.25) is 0 Å². The highest BCUT2D eigenvalue weighted by molar-refractivity contribution is 5.95. The molecule has 20 heavy (non-hydrogen) atoms. The molecular formula is C14H17F2NO3. The monoisotopic (exact) mass is 285 g/mol. The molecule has 0 aromatic heterocycles. The van der Waals surface area contributed by atoms with E-state index in [0.29, 0.717) is 12.8 Å². The second kappa shape index (κ2) is 5.75. The Kier molecular flexibility index (Phi) is 4.23. The summed E-state index contributed by atoms with van der Waals surface area (Å²) in [6.07, 6.45) is 0.797. The minimum Gasteiger partial charge on any atom is -0.459 e. The number of anilines is 1. The van der Waals surface area contributed by atoms with Crippen molar-refractivity contribution in [3.05, 3.63) is 29.3 Å². The average molecular weight is 285 g/mol. The molecule has 0 spiro atoms. The van der Waals surface area contributed by atoms with Crippen LogP contribution in [0.25, 0.3) is 0 Å². The summed E-state index contributed by atoms with van der Waals surface area (Å²) in [4.78, 5) is 12.0. The van der Waals surface area contributed by atoms with Gasteiger partial charge in [-0.15, -0.1) is 0 Å². The van der Waals surface area contributed by atoms with E-state index in [2.05, 4.69) is 0 Å². The Balaban J connectivity index is 2.10. The molecule has 2 unspecified atom stereocenters. The Morgan fingerprint density at radius 2 is 1.80 bits per heavy atom. The van der Waals surface area contributed by atoms with Crippen molar-refractivity contribution in [3.63, 3.8) is 0 Å². The van der Waals surface area contributed by atoms with Gasteiger partial charge in [0.25, 0.3) is 0 Å². The molecule has 0 amide bonds. The van der Waals surface area contributed by atoms with Gasteiger partial charge >= 0.3 is 5.97 Å². The summed E-state index contributed by atoms with van der Waals surface area (Å²) in [5.74, 6) is -2.96. The Hall–Kier alpha value is -1.69. The van der Waals surface area contributed by atoms with E-state index in [1.807, 2.05) is 13.8 Å². The second-order valence-electron chi connectivity index (χ2n) is 5.11. The number of ether oxygens (including phenoxy) is 2. The minimum absolute atomic E-state index is 0.0150. The topological polar surface area (TPSA) is 61.5 Å². The summed E-state index contributed by atoms with van der Waals surface area (Å²) >= 11 is 0. The number of nitrogens with two attached hydrogens (primary N) is 1. The molecule has 1 heterocycles. The molecule has 1 aromatic rings. The van der Waals surface area contributed by atoms with Crippen molar-refractivity contribution in [2.75, 3.05) is 5.73 Å². The first kappa shape index (κ1) is 14.7. The first-order valence-electron chi connectivity index (χ1n) is 6.47. The Morgan fingerprint density at radius 1 is 1.25 bits per heavy atom. The van der Waals surface area contributed by atoms with Gasteiger partial charge in [-0.25, -0.2) is 13.6 Å². The van der Waals surface area contributed by atoms with E-state index in [1.165, 1.54) is 0 Å². The summed E-state index contributed by atoms with van der Waals surface area (Å²) in [6.45, 7) is 3.78. The molecule has 1 fully saturated rings. The van der Waals surface area contributed by atoms with Crippen LogP contribution < -0.4 is 5.73 Å². The average Bonchev–Trinajstić information content (AvgIpc) is 2.32. The fourth-order valence-corrected chi connectivity index (χ4v) is 2.39. The fraction of sp³-hybridized carbons (Fsp3) is 0.500. The molecule has 0 saturated carbocycles. The molecule has 1 aliphatic rings. The number of nitrogen functional groups attached to an aromatic ring is 1. The number of hydrogen-bond donors (Lipinski definition) is 1. The third-order valence-electron chi connectivity index (χ3n) is 3.24. The number of esters is 1. The molecule has 2 atom stereocenters. The predicted octanol–water partition coefficient (Wildman–Crippen LogP) is 2.66. The number of rotatable bonds is 2. The van der Waals surface area contributed by atoms with Crippen LogP contribution in [0.3, 0.4) is 0 Å². The SMILES string of the molecule is CC1CC(OC(=O)c2cc(F)c(F)cc2N)CC(C)O1. The van der Waals surface area contributed by atoms with Crippen LogP contribution in [-0.2, 0) is 9.47 Å². The molecule has 0 aliphatic carbocycles. The number of carbonyl (C=O) groups excluding carboxylic acids is 1. The molecule has 110 valence electrons. The molecule has 1 aromatic carbocycles. The fourth-order valence-electron chi connectivity index (χ4n) is 2.39. The van der Waals surface area contributed by atoms with Crippen LogP contribution >= 0.6 is 0 Å². The van der Waals surface area contributed by atoms with Gasteiger partial charge in [0.15, 0.2) is 11.6 Å². The molecule has 4 nitrogen and oxygen atoms in total. The van der Waals surface area contributed by atoms with Gasteiger partial charge in [-0.2, -0.15) is 0 Å². The largest absolute Gasteiger partial charge is 0.459 e. The van der Waals surface area contributed by atoms with Crippen LogP contribution in [0.4, 0.5) is 14.5 Å². The Morgan fingerprint density at radius 3 is 2.40 bits per heavy atom. The third kappa shape index (κ3) is 3.25. The highest BCUT2D eigenvalue weighted by Crippen LogP contribution is 2.24. The van der Waals surface area contributed by atoms with Crippen LogP contribution in [0.1, 0.15) is 37.0 Å². The predicted molar refractivity (Wildman–Crippen MR) is 69.2 cm³/mol. The summed E-state index contributed by atoms with van der Waals surface area (Å²) < 4.78 is 37.0. The lowest BCUT2D eigenvalue weighted by Crippen LogP contribution is -2.35. The Bertz CT molecular complexity index is 511. The molecule has 0 bridgehead atoms. The van der Waals surface area contributed by atoms with E-state index in [0.717, 1.165) is 12.1 Å². The van der Waals surface area contributed by atoms with Gasteiger partial charge in [0.05, 0.1) is 17.8 Å². The van der Waals surface area contributed by atoms with Crippen molar-refractivity contribution in [1.82, 2.24) is 0 Å². The van der Waals surface area contributed by atoms with Crippen molar-refractivity contribution in [2.45, 2.75) is 45.0 Å². The van der Waals surface area contributed by atoms with Gasteiger partial charge in [0.1, 0.15) is 6.10 Å². The van der Waals surface area contributed by atoms with Crippen LogP contribution in [-0.4, -0.2) is 24.3 Å². The first-order chi connectivity index (χ1) is 9.36. The van der Waals surface area contributed by atoms with Gasteiger partial charge in [0, 0.05) is 24.6 Å². The maximum absolute atomic E-state index is 13.2. The van der Waals surface area contributed by atoms with E-state index in [9.17, 15) is 13.6 Å². The van der Waals surface area contributed by atoms with Crippen molar-refractivity contribution in [2.24, 2.45) is 0 Å². The maximum Gasteiger partial charge on any atom is 0.340 e. The lowest BCUT2D eigenvalue weighted by molar-refractivity contribution is -0.0855. The van der Waals surface area contributed by atoms with E-state index in [-0.39, 0.29) is 29.6 Å². The highest BCUT2D eigenvalue weighted by Gasteiger charge is 2.28. The third-order valence-corrected chi connectivity index (χ3v) is 3.24. The number of hydrogen-bond acceptors (Lipinski definition) is 4. The van der Waals surface area contributed by atoms with Crippen molar-refractivity contribution in [1.29, 1.82) is 0 Å². The number of carbonyl (C=O) groups is 1. The van der Waals surface area contributed by atoms with Crippen LogP contribution in [0, 0.1) is 11.6 Å². The first-order valence-corrected chi connectivity index (χ1v) is 6.47. The van der Waals surface area contributed by atoms with Gasteiger partial charge < -0.3 is 15.2 Å². The van der Waals surface area contributed by atoms with Crippen molar-refractivity contribution in [3.8, 4) is 0 Å². The lowest BCUT2D eigenvalue weighted by Gasteiger charge is -2.31. The standard InChI is InChI=1S/C14H17F2NO3/c1-7-3-9(4-8(2)19-7)20-14(18)10-5-11(15)12(16)6-13(10)17/h5-9H,3-4,17H2,1-2H3. The zero-order valence-electron chi connectivity index (χ0n) is 11.4. The second-order valence-corrected chi connectivity index (χ2v) is 5.11. The highest BCUT2D eigenvalue weighted by atomic mass is 19.2. The van der Waals surface area contributed by atoms with E-state index in [1.54, 1.807) is 0 Å². The van der Waals surface area contributed by atoms with E-state index < -0.39 is 17.6 Å². The molecular weight excluding hydrogens is 268 g/mol. The van der Waals surface area contributed by atoms with Gasteiger partial charge in [-0.1, -0.05) is 0 Å². The Labute approximate surface area is 115 Å². The lowest BCUT2D eigenvalue weighted by atomic mass is 10.0. The van der Waals surface area contributed by atoms with Crippen LogP contribution in [0.5, 0.6) is 0 Å². The molecule has 0 radical (unpaired) electrons. The molecule has 1 aliphatic heterocycles. The van der Waals surface area contributed by atoms with E-state index >= 15 is 0 Å². The van der Waals surface area contributed by atoms with Gasteiger partial charge in [0.2, 0.25) is 0 Å². The molecule has 2 N–H and O–H groups in total. The summed E-state index contributed by atoms with van der Waals surface area (Å²) in [5, 5.41) is 0. The summed E-state index contributed by atoms with van der Waals surface area (Å²) in [5.41, 5.74) is 5.22. The molecule has 6 heteroatoms.